The van der Waals surface area contributed by atoms with Gasteiger partial charge in [-0.1, -0.05) is 0 Å². The van der Waals surface area contributed by atoms with Crippen LogP contribution in [0.25, 0.3) is 6.08 Å². The Kier molecular flexibility index (Phi) is 4.78. The van der Waals surface area contributed by atoms with Gasteiger partial charge in [0.25, 0.3) is 0 Å². The maximum absolute atomic E-state index is 11.9. The Bertz CT molecular complexity index is 662. The number of hydrogen-bond acceptors (Lipinski definition) is 4. The van der Waals surface area contributed by atoms with Crippen LogP contribution in [0, 0.1) is 0 Å². The topological polar surface area (TPSA) is 54.7 Å². The summed E-state index contributed by atoms with van der Waals surface area (Å²) in [6.45, 7) is 1.91. The van der Waals surface area contributed by atoms with E-state index in [0.29, 0.717) is 11.9 Å². The molecule has 23 heavy (non-hydrogen) atoms. The smallest absolute Gasteiger partial charge is 0.248 e. The lowest BCUT2D eigenvalue weighted by Crippen LogP contribution is -2.22. The maximum Gasteiger partial charge on any atom is 0.248 e. The Labute approximate surface area is 135 Å². The number of nitrogens with one attached hydrogen (secondary N) is 1. The summed E-state index contributed by atoms with van der Waals surface area (Å²) < 4.78 is 10.5. The molecule has 1 aliphatic heterocycles. The second-order valence-electron chi connectivity index (χ2n) is 5.48. The van der Waals surface area contributed by atoms with E-state index in [1.54, 1.807) is 31.6 Å². The number of anilines is 2. The first kappa shape index (κ1) is 15.4. The quantitative estimate of drug-likeness (QED) is 0.862. The van der Waals surface area contributed by atoms with E-state index in [1.165, 1.54) is 6.08 Å². The molecule has 0 bridgehead atoms. The number of furan rings is 1. The molecule has 1 aromatic heterocycles. The highest BCUT2D eigenvalue weighted by atomic mass is 16.5. The van der Waals surface area contributed by atoms with E-state index in [1.807, 2.05) is 24.3 Å². The Balaban J connectivity index is 1.56. The molecule has 2 heterocycles. The molecule has 1 unspecified atom stereocenters. The Morgan fingerprint density at radius 1 is 1.35 bits per heavy atom. The summed E-state index contributed by atoms with van der Waals surface area (Å²) >= 11 is 0. The maximum atomic E-state index is 11.9. The number of benzene rings is 1. The average molecular weight is 312 g/mol. The molecule has 1 saturated heterocycles. The highest BCUT2D eigenvalue weighted by molar-refractivity contribution is 6.01. The van der Waals surface area contributed by atoms with Gasteiger partial charge in [-0.25, -0.2) is 0 Å². The minimum Gasteiger partial charge on any atom is -0.465 e. The molecule has 1 aromatic carbocycles. The van der Waals surface area contributed by atoms with E-state index >= 15 is 0 Å². The van der Waals surface area contributed by atoms with Gasteiger partial charge in [-0.05, 0) is 48.9 Å². The van der Waals surface area contributed by atoms with Crippen LogP contribution in [-0.2, 0) is 9.53 Å². The van der Waals surface area contributed by atoms with Crippen LogP contribution in [0.3, 0.4) is 0 Å². The molecule has 0 aliphatic carbocycles. The molecule has 0 saturated carbocycles. The van der Waals surface area contributed by atoms with Gasteiger partial charge in [0.15, 0.2) is 0 Å². The Hall–Kier alpha value is -2.53. The third-order valence-corrected chi connectivity index (χ3v) is 3.92. The van der Waals surface area contributed by atoms with Crippen LogP contribution >= 0.6 is 0 Å². The van der Waals surface area contributed by atoms with Gasteiger partial charge < -0.3 is 19.4 Å². The minimum atomic E-state index is -0.185. The van der Waals surface area contributed by atoms with Crippen LogP contribution in [-0.4, -0.2) is 32.2 Å². The van der Waals surface area contributed by atoms with Crippen molar-refractivity contribution in [1.82, 2.24) is 0 Å². The fraction of sp³-hybridized carbons (Fsp3) is 0.278. The summed E-state index contributed by atoms with van der Waals surface area (Å²) in [4.78, 5) is 14.2. The number of amides is 1. The van der Waals surface area contributed by atoms with E-state index in [4.69, 9.17) is 9.15 Å². The van der Waals surface area contributed by atoms with E-state index in [2.05, 4.69) is 10.2 Å². The lowest BCUT2D eigenvalue weighted by Gasteiger charge is -2.18. The molecule has 5 heteroatoms. The van der Waals surface area contributed by atoms with Crippen molar-refractivity contribution >= 4 is 23.4 Å². The monoisotopic (exact) mass is 312 g/mol. The summed E-state index contributed by atoms with van der Waals surface area (Å²) in [5.41, 5.74) is 1.92. The Morgan fingerprint density at radius 3 is 2.83 bits per heavy atom. The SMILES string of the molecule is COC1CCN(c2ccc(NC(=O)/C=C/c3ccco3)cc2)C1. The lowest BCUT2D eigenvalue weighted by atomic mass is 10.2. The molecule has 120 valence electrons. The summed E-state index contributed by atoms with van der Waals surface area (Å²) in [7, 11) is 1.75. The van der Waals surface area contributed by atoms with Gasteiger partial charge >= 0.3 is 0 Å². The molecule has 0 spiro atoms. The van der Waals surface area contributed by atoms with E-state index in [-0.39, 0.29) is 5.91 Å². The first-order chi connectivity index (χ1) is 11.2. The predicted octanol–water partition coefficient (Wildman–Crippen LogP) is 3.16. The van der Waals surface area contributed by atoms with Crippen LogP contribution in [0.15, 0.2) is 53.2 Å². The number of carbonyl (C=O) groups is 1. The summed E-state index contributed by atoms with van der Waals surface area (Å²) in [5, 5.41) is 2.83. The van der Waals surface area contributed by atoms with Gasteiger partial charge in [-0.2, -0.15) is 0 Å². The number of methoxy groups -OCH3 is 1. The van der Waals surface area contributed by atoms with Gasteiger partial charge in [-0.3, -0.25) is 4.79 Å². The molecule has 2 aromatic rings. The lowest BCUT2D eigenvalue weighted by molar-refractivity contribution is -0.111. The van der Waals surface area contributed by atoms with Gasteiger partial charge in [-0.15, -0.1) is 0 Å². The van der Waals surface area contributed by atoms with Gasteiger partial charge in [0.2, 0.25) is 5.91 Å². The average Bonchev–Trinajstić information content (AvgIpc) is 3.25. The predicted molar refractivity (Wildman–Crippen MR) is 90.4 cm³/mol. The number of hydrogen-bond donors (Lipinski definition) is 1. The summed E-state index contributed by atoms with van der Waals surface area (Å²) in [6, 6.07) is 11.4. The molecule has 1 N–H and O–H groups in total. The van der Waals surface area contributed by atoms with Crippen molar-refractivity contribution in [2.45, 2.75) is 12.5 Å². The zero-order valence-corrected chi connectivity index (χ0v) is 13.1. The van der Waals surface area contributed by atoms with Crippen molar-refractivity contribution in [3.63, 3.8) is 0 Å². The van der Waals surface area contributed by atoms with E-state index in [9.17, 15) is 4.79 Å². The summed E-state index contributed by atoms with van der Waals surface area (Å²) in [6.07, 6.45) is 6.02. The number of nitrogens with zero attached hydrogens (tertiary/aromatic N) is 1. The third-order valence-electron chi connectivity index (χ3n) is 3.92. The summed E-state index contributed by atoms with van der Waals surface area (Å²) in [5.74, 6) is 0.465. The van der Waals surface area contributed by atoms with Crippen molar-refractivity contribution < 1.29 is 13.9 Å². The van der Waals surface area contributed by atoms with Crippen molar-refractivity contribution in [1.29, 1.82) is 0 Å². The van der Waals surface area contributed by atoms with Crippen LogP contribution in [0.5, 0.6) is 0 Å². The van der Waals surface area contributed by atoms with Crippen LogP contribution in [0.1, 0.15) is 12.2 Å². The molecule has 3 rings (SSSR count). The fourth-order valence-corrected chi connectivity index (χ4v) is 2.64. The van der Waals surface area contributed by atoms with Gasteiger partial charge in [0, 0.05) is 37.7 Å². The largest absolute Gasteiger partial charge is 0.465 e. The standard InChI is InChI=1S/C18H20N2O3/c1-22-17-10-11-20(13-17)15-6-4-14(5-7-15)19-18(21)9-8-16-3-2-12-23-16/h2-9,12,17H,10-11,13H2,1H3,(H,19,21)/b9-8+. The van der Waals surface area contributed by atoms with E-state index < -0.39 is 0 Å². The molecule has 1 atom stereocenters. The highest BCUT2D eigenvalue weighted by Crippen LogP contribution is 2.23. The van der Waals surface area contributed by atoms with Crippen molar-refractivity contribution in [2.75, 3.05) is 30.4 Å². The Morgan fingerprint density at radius 2 is 2.17 bits per heavy atom. The first-order valence-corrected chi connectivity index (χ1v) is 7.65. The van der Waals surface area contributed by atoms with Crippen molar-refractivity contribution in [3.8, 4) is 0 Å². The van der Waals surface area contributed by atoms with Crippen LogP contribution in [0.2, 0.25) is 0 Å². The normalized spacial score (nSPS) is 17.8. The molecule has 5 nitrogen and oxygen atoms in total. The molecule has 1 fully saturated rings. The van der Waals surface area contributed by atoms with E-state index in [0.717, 1.165) is 30.9 Å². The molecule has 1 aliphatic rings. The van der Waals surface area contributed by atoms with Crippen molar-refractivity contribution in [3.05, 3.63) is 54.5 Å². The zero-order chi connectivity index (χ0) is 16.1. The van der Waals surface area contributed by atoms with Gasteiger partial charge in [0.1, 0.15) is 5.76 Å². The number of carbonyl (C=O) groups excluding carboxylic acids is 1. The molecular formula is C18H20N2O3. The zero-order valence-electron chi connectivity index (χ0n) is 13.1. The number of rotatable bonds is 5. The van der Waals surface area contributed by atoms with Crippen LogP contribution < -0.4 is 10.2 Å². The third kappa shape index (κ3) is 4.02. The number of ether oxygens (including phenoxy) is 1. The second-order valence-corrected chi connectivity index (χ2v) is 5.48. The highest BCUT2D eigenvalue weighted by Gasteiger charge is 2.21. The first-order valence-electron chi connectivity index (χ1n) is 7.65. The fourth-order valence-electron chi connectivity index (χ4n) is 2.64. The van der Waals surface area contributed by atoms with Crippen LogP contribution in [0.4, 0.5) is 11.4 Å². The molecular weight excluding hydrogens is 292 g/mol. The van der Waals surface area contributed by atoms with Gasteiger partial charge in [0.05, 0.1) is 12.4 Å². The molecule has 1 amide bonds. The molecule has 0 radical (unpaired) electrons. The van der Waals surface area contributed by atoms with Crippen molar-refractivity contribution in [2.24, 2.45) is 0 Å². The second kappa shape index (κ2) is 7.15. The minimum absolute atomic E-state index is 0.185.